The number of nitrogens with two attached hydrogens (primary N) is 2. The summed E-state index contributed by atoms with van der Waals surface area (Å²) < 4.78 is 5.54. The van der Waals surface area contributed by atoms with Crippen LogP contribution >= 0.6 is 0 Å². The Morgan fingerprint density at radius 1 is 0.933 bits per heavy atom. The van der Waals surface area contributed by atoms with Crippen molar-refractivity contribution in [3.8, 4) is 0 Å². The summed E-state index contributed by atoms with van der Waals surface area (Å²) in [5.74, 6) is -2.79. The number of nitrogen functional groups attached to an aromatic ring is 2. The van der Waals surface area contributed by atoms with Crippen molar-refractivity contribution in [2.45, 2.75) is 50.9 Å². The van der Waals surface area contributed by atoms with E-state index in [1.165, 1.54) is 0 Å². The van der Waals surface area contributed by atoms with Crippen LogP contribution in [0.3, 0.4) is 0 Å². The monoisotopic (exact) mass is 410 g/mol. The van der Waals surface area contributed by atoms with Gasteiger partial charge in [-0.05, 0) is 48.2 Å². The van der Waals surface area contributed by atoms with Crippen molar-refractivity contribution >= 4 is 23.3 Å². The van der Waals surface area contributed by atoms with Crippen LogP contribution in [-0.2, 0) is 14.3 Å². The number of ether oxygens (including phenoxy) is 1. The van der Waals surface area contributed by atoms with E-state index >= 15 is 0 Å². The van der Waals surface area contributed by atoms with Gasteiger partial charge in [0.05, 0.1) is 6.61 Å². The van der Waals surface area contributed by atoms with Gasteiger partial charge in [0.15, 0.2) is 5.41 Å². The molecule has 30 heavy (non-hydrogen) atoms. The molecule has 0 bridgehead atoms. The van der Waals surface area contributed by atoms with Crippen molar-refractivity contribution in [3.63, 3.8) is 0 Å². The number of carboxylic acid groups (broad SMARTS) is 1. The van der Waals surface area contributed by atoms with Crippen LogP contribution in [0, 0.1) is 5.41 Å². The van der Waals surface area contributed by atoms with Crippen molar-refractivity contribution < 1.29 is 19.4 Å². The van der Waals surface area contributed by atoms with Crippen molar-refractivity contribution in [1.82, 2.24) is 0 Å². The standard InChI is InChI=1S/C24H30N2O4/c1-2-3-4-5-14-30-23(29)24(22(27)28)20(16-6-10-18(25)11-7-16)15-21(24)17-8-12-19(26)13-9-17/h6-13,20-21H,2-5,14-15,25-26H2,1H3,(H,27,28). The lowest BCUT2D eigenvalue weighted by atomic mass is 9.49. The Morgan fingerprint density at radius 2 is 1.43 bits per heavy atom. The van der Waals surface area contributed by atoms with Crippen molar-refractivity contribution in [2.24, 2.45) is 5.41 Å². The van der Waals surface area contributed by atoms with Gasteiger partial charge < -0.3 is 21.3 Å². The Kier molecular flexibility index (Phi) is 6.65. The second kappa shape index (κ2) is 9.20. The van der Waals surface area contributed by atoms with Gasteiger partial charge in [-0.25, -0.2) is 0 Å². The van der Waals surface area contributed by atoms with E-state index in [-0.39, 0.29) is 6.61 Å². The second-order valence-corrected chi connectivity index (χ2v) is 8.04. The minimum absolute atomic E-state index is 0.233. The van der Waals surface area contributed by atoms with Crippen LogP contribution in [0.15, 0.2) is 48.5 Å². The van der Waals surface area contributed by atoms with Gasteiger partial charge in [0, 0.05) is 23.2 Å². The van der Waals surface area contributed by atoms with E-state index in [9.17, 15) is 14.7 Å². The van der Waals surface area contributed by atoms with Crippen LogP contribution in [0.25, 0.3) is 0 Å². The highest BCUT2D eigenvalue weighted by Crippen LogP contribution is 2.62. The number of carbonyl (C=O) groups is 2. The van der Waals surface area contributed by atoms with Crippen LogP contribution in [0.1, 0.15) is 62.0 Å². The summed E-state index contributed by atoms with van der Waals surface area (Å²) in [6.07, 6.45) is 4.35. The third-order valence-corrected chi connectivity index (χ3v) is 6.17. The molecule has 2 aromatic carbocycles. The SMILES string of the molecule is CCCCCCOC(=O)C1(C(=O)O)C(c2ccc(N)cc2)CC1c1ccc(N)cc1. The second-order valence-electron chi connectivity index (χ2n) is 8.04. The van der Waals surface area contributed by atoms with Crippen LogP contribution < -0.4 is 11.5 Å². The first-order valence-corrected chi connectivity index (χ1v) is 10.5. The van der Waals surface area contributed by atoms with E-state index in [2.05, 4.69) is 6.92 Å². The zero-order valence-corrected chi connectivity index (χ0v) is 17.3. The van der Waals surface area contributed by atoms with Crippen LogP contribution in [0.5, 0.6) is 0 Å². The third-order valence-electron chi connectivity index (χ3n) is 6.17. The number of hydrogen-bond acceptors (Lipinski definition) is 5. The van der Waals surface area contributed by atoms with Crippen molar-refractivity contribution in [3.05, 3.63) is 59.7 Å². The summed E-state index contributed by atoms with van der Waals surface area (Å²) in [6.45, 7) is 2.34. The molecule has 6 heteroatoms. The summed E-state index contributed by atoms with van der Waals surface area (Å²) in [7, 11) is 0. The fourth-order valence-corrected chi connectivity index (χ4v) is 4.43. The highest BCUT2D eigenvalue weighted by atomic mass is 16.5. The molecule has 0 spiro atoms. The zero-order chi connectivity index (χ0) is 21.7. The molecular formula is C24H30N2O4. The first kappa shape index (κ1) is 21.7. The predicted molar refractivity (Wildman–Crippen MR) is 117 cm³/mol. The van der Waals surface area contributed by atoms with Gasteiger partial charge in [0.1, 0.15) is 0 Å². The Balaban J connectivity index is 1.93. The molecule has 5 N–H and O–H groups in total. The molecule has 2 unspecified atom stereocenters. The molecule has 1 fully saturated rings. The first-order chi connectivity index (χ1) is 14.4. The maximum Gasteiger partial charge on any atom is 0.324 e. The number of esters is 1. The molecule has 160 valence electrons. The van der Waals surface area contributed by atoms with Crippen LogP contribution in [0.2, 0.25) is 0 Å². The van der Waals surface area contributed by atoms with E-state index in [0.717, 1.165) is 36.8 Å². The van der Waals surface area contributed by atoms with Gasteiger partial charge >= 0.3 is 11.9 Å². The molecule has 1 aliphatic rings. The molecule has 0 amide bonds. The molecule has 1 aliphatic carbocycles. The van der Waals surface area contributed by atoms with E-state index in [4.69, 9.17) is 16.2 Å². The number of anilines is 2. The maximum absolute atomic E-state index is 13.3. The van der Waals surface area contributed by atoms with Gasteiger partial charge in [0.2, 0.25) is 0 Å². The number of benzene rings is 2. The molecule has 0 saturated heterocycles. The number of rotatable bonds is 9. The normalized spacial score (nSPS) is 22.8. The predicted octanol–water partition coefficient (Wildman–Crippen LogP) is 4.32. The van der Waals surface area contributed by atoms with Crippen molar-refractivity contribution in [2.75, 3.05) is 18.1 Å². The molecule has 0 radical (unpaired) electrons. The van der Waals surface area contributed by atoms with E-state index in [1.807, 2.05) is 0 Å². The molecule has 6 nitrogen and oxygen atoms in total. The van der Waals surface area contributed by atoms with E-state index < -0.39 is 29.2 Å². The minimum atomic E-state index is -1.67. The van der Waals surface area contributed by atoms with Gasteiger partial charge in [-0.1, -0.05) is 50.5 Å². The summed E-state index contributed by atoms with van der Waals surface area (Å²) in [6, 6.07) is 14.1. The topological polar surface area (TPSA) is 116 Å². The third kappa shape index (κ3) is 3.99. The number of hydrogen-bond donors (Lipinski definition) is 3. The van der Waals surface area contributed by atoms with Crippen LogP contribution in [0.4, 0.5) is 11.4 Å². The number of unbranched alkanes of at least 4 members (excludes halogenated alkanes) is 3. The number of carbonyl (C=O) groups excluding carboxylic acids is 1. The molecule has 2 atom stereocenters. The highest BCUT2D eigenvalue weighted by Gasteiger charge is 2.67. The fraction of sp³-hybridized carbons (Fsp3) is 0.417. The smallest absolute Gasteiger partial charge is 0.324 e. The summed E-state index contributed by atoms with van der Waals surface area (Å²) in [5, 5.41) is 10.3. The molecule has 2 aromatic rings. The van der Waals surface area contributed by atoms with Crippen LogP contribution in [-0.4, -0.2) is 23.7 Å². The largest absolute Gasteiger partial charge is 0.480 e. The molecule has 3 rings (SSSR count). The quantitative estimate of drug-likeness (QED) is 0.245. The lowest BCUT2D eigenvalue weighted by Crippen LogP contribution is -2.57. The number of carboxylic acids is 1. The average Bonchev–Trinajstić information content (AvgIpc) is 2.70. The molecule has 0 aromatic heterocycles. The molecule has 0 aliphatic heterocycles. The Morgan fingerprint density at radius 3 is 1.87 bits per heavy atom. The molecule has 1 saturated carbocycles. The van der Waals surface area contributed by atoms with Gasteiger partial charge in [-0.3, -0.25) is 9.59 Å². The Labute approximate surface area is 177 Å². The van der Waals surface area contributed by atoms with Crippen molar-refractivity contribution in [1.29, 1.82) is 0 Å². The maximum atomic E-state index is 13.3. The van der Waals surface area contributed by atoms with Gasteiger partial charge in [-0.15, -0.1) is 0 Å². The van der Waals surface area contributed by atoms with E-state index in [1.54, 1.807) is 48.5 Å². The lowest BCUT2D eigenvalue weighted by Gasteiger charge is -2.51. The molecular weight excluding hydrogens is 380 g/mol. The minimum Gasteiger partial charge on any atom is -0.480 e. The number of aliphatic carboxylic acids is 1. The summed E-state index contributed by atoms with van der Waals surface area (Å²) in [4.78, 5) is 25.9. The highest BCUT2D eigenvalue weighted by molar-refractivity contribution is 6.03. The van der Waals surface area contributed by atoms with Gasteiger partial charge in [-0.2, -0.15) is 0 Å². The Hall–Kier alpha value is -3.02. The summed E-state index contributed by atoms with van der Waals surface area (Å²) in [5.41, 5.74) is 12.7. The fourth-order valence-electron chi connectivity index (χ4n) is 4.43. The molecule has 0 heterocycles. The van der Waals surface area contributed by atoms with E-state index in [0.29, 0.717) is 17.8 Å². The summed E-state index contributed by atoms with van der Waals surface area (Å²) >= 11 is 0. The Bertz CT molecular complexity index is 826. The van der Waals surface area contributed by atoms with Gasteiger partial charge in [0.25, 0.3) is 0 Å². The average molecular weight is 411 g/mol. The first-order valence-electron chi connectivity index (χ1n) is 10.5. The zero-order valence-electron chi connectivity index (χ0n) is 17.3. The lowest BCUT2D eigenvalue weighted by molar-refractivity contribution is -0.181.